The third-order valence-corrected chi connectivity index (χ3v) is 5.40. The van der Waals surface area contributed by atoms with Gasteiger partial charge in [0.25, 0.3) is 5.91 Å². The van der Waals surface area contributed by atoms with Gasteiger partial charge in [0.05, 0.1) is 19.3 Å². The number of carbonyl (C=O) groups is 1. The van der Waals surface area contributed by atoms with Crippen LogP contribution in [0.3, 0.4) is 0 Å². The molecule has 1 unspecified atom stereocenters. The zero-order chi connectivity index (χ0) is 17.9. The fourth-order valence-electron chi connectivity index (χ4n) is 3.41. The van der Waals surface area contributed by atoms with Crippen molar-refractivity contribution in [1.29, 1.82) is 0 Å². The van der Waals surface area contributed by atoms with Crippen LogP contribution in [-0.2, 0) is 4.74 Å². The van der Waals surface area contributed by atoms with Crippen LogP contribution in [0.5, 0.6) is 0 Å². The van der Waals surface area contributed by atoms with Gasteiger partial charge in [0.2, 0.25) is 0 Å². The summed E-state index contributed by atoms with van der Waals surface area (Å²) in [6, 6.07) is 9.69. The molecule has 4 rings (SSSR count). The number of benzene rings is 1. The first kappa shape index (κ1) is 17.5. The maximum atomic E-state index is 12.5. The molecular formula is C19H23ClN4O2. The highest BCUT2D eigenvalue weighted by Crippen LogP contribution is 2.39. The second-order valence-electron chi connectivity index (χ2n) is 6.88. The lowest BCUT2D eigenvalue weighted by molar-refractivity contribution is 0.0162. The van der Waals surface area contributed by atoms with Crippen molar-refractivity contribution in [3.63, 3.8) is 0 Å². The molecule has 2 aromatic rings. The van der Waals surface area contributed by atoms with E-state index < -0.39 is 0 Å². The molecule has 1 saturated carbocycles. The number of hydrogen-bond acceptors (Lipinski definition) is 4. The number of aromatic amines is 1. The number of hydrogen-bond donors (Lipinski definition) is 2. The molecule has 2 heterocycles. The summed E-state index contributed by atoms with van der Waals surface area (Å²) in [5, 5.41) is 10.9. The van der Waals surface area contributed by atoms with E-state index in [0.29, 0.717) is 36.4 Å². The Bertz CT molecular complexity index is 768. The summed E-state index contributed by atoms with van der Waals surface area (Å²) >= 11 is 6.43. The monoisotopic (exact) mass is 374 g/mol. The molecule has 1 aliphatic carbocycles. The number of ether oxygens (including phenoxy) is 1. The quantitative estimate of drug-likeness (QED) is 0.815. The second-order valence-corrected chi connectivity index (χ2v) is 7.29. The minimum atomic E-state index is -0.154. The van der Waals surface area contributed by atoms with Crippen molar-refractivity contribution >= 4 is 17.5 Å². The first-order chi connectivity index (χ1) is 12.7. The van der Waals surface area contributed by atoms with Crippen molar-refractivity contribution in [2.45, 2.75) is 24.8 Å². The van der Waals surface area contributed by atoms with Crippen LogP contribution in [0.4, 0.5) is 0 Å². The molecule has 2 N–H and O–H groups in total. The lowest BCUT2D eigenvalue weighted by Gasteiger charge is -2.35. The Morgan fingerprint density at radius 3 is 2.85 bits per heavy atom. The lowest BCUT2D eigenvalue weighted by Crippen LogP contribution is -2.44. The van der Waals surface area contributed by atoms with Gasteiger partial charge in [0.15, 0.2) is 0 Å². The van der Waals surface area contributed by atoms with Gasteiger partial charge in [-0.15, -0.1) is 0 Å². The molecule has 1 saturated heterocycles. The Morgan fingerprint density at radius 2 is 2.12 bits per heavy atom. The Labute approximate surface area is 157 Å². The average Bonchev–Trinajstić information content (AvgIpc) is 3.40. The van der Waals surface area contributed by atoms with Gasteiger partial charge in [-0.2, -0.15) is 5.10 Å². The van der Waals surface area contributed by atoms with E-state index in [4.69, 9.17) is 16.3 Å². The summed E-state index contributed by atoms with van der Waals surface area (Å²) in [5.41, 5.74) is 2.54. The van der Waals surface area contributed by atoms with E-state index in [-0.39, 0.29) is 11.9 Å². The fraction of sp³-hybridized carbons (Fsp3) is 0.474. The largest absolute Gasteiger partial charge is 0.379 e. The lowest BCUT2D eigenvalue weighted by atomic mass is 10.0. The molecule has 2 fully saturated rings. The smallest absolute Gasteiger partial charge is 0.271 e. The van der Waals surface area contributed by atoms with Gasteiger partial charge in [-0.3, -0.25) is 14.8 Å². The number of H-pyrrole nitrogens is 1. The molecule has 1 aromatic carbocycles. The zero-order valence-electron chi connectivity index (χ0n) is 14.6. The molecule has 1 aromatic heterocycles. The summed E-state index contributed by atoms with van der Waals surface area (Å²) < 4.78 is 5.47. The van der Waals surface area contributed by atoms with Crippen LogP contribution in [0.2, 0.25) is 5.02 Å². The number of amides is 1. The van der Waals surface area contributed by atoms with Gasteiger partial charge >= 0.3 is 0 Å². The van der Waals surface area contributed by atoms with Crippen LogP contribution in [0, 0.1) is 0 Å². The molecule has 0 bridgehead atoms. The number of nitrogens with one attached hydrogen (secondary N) is 2. The molecule has 26 heavy (non-hydrogen) atoms. The molecule has 6 nitrogen and oxygen atoms in total. The Kier molecular flexibility index (Phi) is 5.24. The van der Waals surface area contributed by atoms with Crippen LogP contribution in [0.1, 0.15) is 46.5 Å². The topological polar surface area (TPSA) is 70.2 Å². The van der Waals surface area contributed by atoms with Crippen LogP contribution in [0.15, 0.2) is 30.3 Å². The molecule has 1 aliphatic heterocycles. The Morgan fingerprint density at radius 1 is 1.35 bits per heavy atom. The van der Waals surface area contributed by atoms with Crippen molar-refractivity contribution in [3.8, 4) is 0 Å². The highest BCUT2D eigenvalue weighted by atomic mass is 35.5. The summed E-state index contributed by atoms with van der Waals surface area (Å²) in [7, 11) is 0. The third kappa shape index (κ3) is 3.92. The van der Waals surface area contributed by atoms with E-state index in [2.05, 4.69) is 20.4 Å². The van der Waals surface area contributed by atoms with E-state index in [1.165, 1.54) is 12.8 Å². The summed E-state index contributed by atoms with van der Waals surface area (Å²) in [4.78, 5) is 14.8. The van der Waals surface area contributed by atoms with E-state index in [9.17, 15) is 4.79 Å². The van der Waals surface area contributed by atoms with Crippen LogP contribution < -0.4 is 5.32 Å². The average molecular weight is 375 g/mol. The van der Waals surface area contributed by atoms with Gasteiger partial charge in [0.1, 0.15) is 5.69 Å². The van der Waals surface area contributed by atoms with Crippen LogP contribution in [-0.4, -0.2) is 53.9 Å². The molecule has 138 valence electrons. The number of nitrogens with zero attached hydrogens (tertiary/aromatic N) is 2. The minimum Gasteiger partial charge on any atom is -0.379 e. The molecule has 7 heteroatoms. The second kappa shape index (κ2) is 7.78. The van der Waals surface area contributed by atoms with E-state index in [1.54, 1.807) is 0 Å². The highest BCUT2D eigenvalue weighted by molar-refractivity contribution is 6.31. The first-order valence-corrected chi connectivity index (χ1v) is 9.50. The first-order valence-electron chi connectivity index (χ1n) is 9.12. The molecule has 1 atom stereocenters. The van der Waals surface area contributed by atoms with E-state index in [0.717, 1.165) is 24.3 Å². The highest BCUT2D eigenvalue weighted by Gasteiger charge is 2.28. The summed E-state index contributed by atoms with van der Waals surface area (Å²) in [6.45, 7) is 3.51. The summed E-state index contributed by atoms with van der Waals surface area (Å²) in [6.07, 6.45) is 2.35. The molecule has 1 amide bonds. The number of carbonyl (C=O) groups excluding carboxylic acids is 1. The fourth-order valence-corrected chi connectivity index (χ4v) is 3.67. The zero-order valence-corrected chi connectivity index (χ0v) is 15.3. The number of aromatic nitrogens is 2. The van der Waals surface area contributed by atoms with Gasteiger partial charge in [-0.1, -0.05) is 29.8 Å². The molecule has 0 spiro atoms. The maximum absolute atomic E-state index is 12.5. The number of morpholine rings is 1. The number of rotatable bonds is 6. The summed E-state index contributed by atoms with van der Waals surface area (Å²) in [5.74, 6) is 0.395. The van der Waals surface area contributed by atoms with Gasteiger partial charge in [-0.05, 0) is 30.5 Å². The van der Waals surface area contributed by atoms with E-state index >= 15 is 0 Å². The van der Waals surface area contributed by atoms with Crippen LogP contribution in [0.25, 0.3) is 0 Å². The maximum Gasteiger partial charge on any atom is 0.271 e. The third-order valence-electron chi connectivity index (χ3n) is 5.05. The van der Waals surface area contributed by atoms with Crippen molar-refractivity contribution in [1.82, 2.24) is 20.4 Å². The number of halogens is 1. The van der Waals surface area contributed by atoms with Gasteiger partial charge in [-0.25, -0.2) is 0 Å². The predicted octanol–water partition coefficient (Wildman–Crippen LogP) is 2.74. The SMILES string of the molecule is O=C(NCC(c1ccccc1Cl)N1CCOCC1)c1cc(C2CC2)[nH]n1. The molecular weight excluding hydrogens is 352 g/mol. The normalized spacial score (nSPS) is 19.3. The van der Waals surface area contributed by atoms with Gasteiger partial charge < -0.3 is 10.1 Å². The molecule has 0 radical (unpaired) electrons. The van der Waals surface area contributed by atoms with Crippen molar-refractivity contribution in [2.75, 3.05) is 32.8 Å². The van der Waals surface area contributed by atoms with Crippen molar-refractivity contribution in [3.05, 3.63) is 52.3 Å². The van der Waals surface area contributed by atoms with Gasteiger partial charge in [0, 0.05) is 36.3 Å². The predicted molar refractivity (Wildman–Crippen MR) is 99.5 cm³/mol. The Hall–Kier alpha value is -1.89. The van der Waals surface area contributed by atoms with Crippen LogP contribution >= 0.6 is 11.6 Å². The minimum absolute atomic E-state index is 0.0124. The Balaban J connectivity index is 1.46. The van der Waals surface area contributed by atoms with Crippen molar-refractivity contribution in [2.24, 2.45) is 0 Å². The van der Waals surface area contributed by atoms with E-state index in [1.807, 2.05) is 30.3 Å². The molecule has 2 aliphatic rings. The van der Waals surface area contributed by atoms with Crippen molar-refractivity contribution < 1.29 is 9.53 Å². The standard InChI is InChI=1S/C19H23ClN4O2/c20-15-4-2-1-3-14(15)18(24-7-9-26-10-8-24)12-21-19(25)17-11-16(22-23-17)13-5-6-13/h1-4,11,13,18H,5-10,12H2,(H,21,25)(H,22,23).